The molecule has 0 atom stereocenters. The normalized spacial score (nSPS) is 15.2. The van der Waals surface area contributed by atoms with Gasteiger partial charge in [-0.05, 0) is 43.2 Å². The van der Waals surface area contributed by atoms with E-state index in [1.54, 1.807) is 0 Å². The standard InChI is InChI=1S/C16H14ClFN2O5S/c17-13-9-11(18)3-5-15(13)25-16-6-4-12(10-14(16)20(21)22)26(23,24)19-7-1-2-8-19/h3-6,9-10H,1-2,7-8H2. The lowest BCUT2D eigenvalue weighted by atomic mass is 10.3. The first-order valence-corrected chi connectivity index (χ1v) is 9.52. The zero-order valence-electron chi connectivity index (χ0n) is 13.4. The average Bonchev–Trinajstić information content (AvgIpc) is 3.12. The van der Waals surface area contributed by atoms with Crippen LogP contribution in [0.5, 0.6) is 11.5 Å². The smallest absolute Gasteiger partial charge is 0.312 e. The fourth-order valence-corrected chi connectivity index (χ4v) is 4.38. The Kier molecular flexibility index (Phi) is 5.12. The van der Waals surface area contributed by atoms with Crippen LogP contribution in [0.3, 0.4) is 0 Å². The van der Waals surface area contributed by atoms with E-state index in [2.05, 4.69) is 0 Å². The minimum absolute atomic E-state index is 0.0197. The van der Waals surface area contributed by atoms with Crippen LogP contribution in [-0.2, 0) is 10.0 Å². The molecule has 1 aliphatic rings. The molecule has 0 saturated carbocycles. The third kappa shape index (κ3) is 3.64. The summed E-state index contributed by atoms with van der Waals surface area (Å²) in [6.45, 7) is 0.777. The Labute approximate surface area is 154 Å². The van der Waals surface area contributed by atoms with Gasteiger partial charge in [-0.15, -0.1) is 0 Å². The van der Waals surface area contributed by atoms with E-state index in [4.69, 9.17) is 16.3 Å². The van der Waals surface area contributed by atoms with Crippen LogP contribution >= 0.6 is 11.6 Å². The van der Waals surface area contributed by atoms with Crippen LogP contribution in [0.15, 0.2) is 41.3 Å². The summed E-state index contributed by atoms with van der Waals surface area (Å²) >= 11 is 5.86. The number of nitro groups is 1. The largest absolute Gasteiger partial charge is 0.449 e. The third-order valence-electron chi connectivity index (χ3n) is 3.94. The highest BCUT2D eigenvalue weighted by Gasteiger charge is 2.30. The molecular formula is C16H14ClFN2O5S. The van der Waals surface area contributed by atoms with Gasteiger partial charge in [-0.1, -0.05) is 11.6 Å². The maximum absolute atomic E-state index is 13.1. The van der Waals surface area contributed by atoms with Gasteiger partial charge in [-0.3, -0.25) is 10.1 Å². The van der Waals surface area contributed by atoms with Gasteiger partial charge in [0.1, 0.15) is 11.6 Å². The van der Waals surface area contributed by atoms with Gasteiger partial charge in [-0.2, -0.15) is 4.31 Å². The van der Waals surface area contributed by atoms with E-state index < -0.39 is 26.5 Å². The Morgan fingerprint density at radius 2 is 1.77 bits per heavy atom. The van der Waals surface area contributed by atoms with E-state index in [0.29, 0.717) is 13.1 Å². The van der Waals surface area contributed by atoms with Crippen molar-refractivity contribution >= 4 is 27.3 Å². The van der Waals surface area contributed by atoms with Crippen LogP contribution in [0.1, 0.15) is 12.8 Å². The summed E-state index contributed by atoms with van der Waals surface area (Å²) in [5.74, 6) is -0.751. The van der Waals surface area contributed by atoms with Gasteiger partial charge in [-0.25, -0.2) is 12.8 Å². The topological polar surface area (TPSA) is 89.8 Å². The molecule has 0 radical (unpaired) electrons. The summed E-state index contributed by atoms with van der Waals surface area (Å²) in [6, 6.07) is 6.74. The molecular weight excluding hydrogens is 387 g/mol. The van der Waals surface area contributed by atoms with E-state index in [1.807, 2.05) is 0 Å². The summed E-state index contributed by atoms with van der Waals surface area (Å²) in [4.78, 5) is 10.5. The van der Waals surface area contributed by atoms with Crippen molar-refractivity contribution in [3.05, 3.63) is 57.4 Å². The van der Waals surface area contributed by atoms with Crippen LogP contribution in [0, 0.1) is 15.9 Å². The van der Waals surface area contributed by atoms with E-state index in [9.17, 15) is 22.9 Å². The van der Waals surface area contributed by atoms with Crippen molar-refractivity contribution in [2.75, 3.05) is 13.1 Å². The molecule has 0 unspecified atom stereocenters. The minimum atomic E-state index is -3.80. The highest BCUT2D eigenvalue weighted by Crippen LogP contribution is 2.37. The minimum Gasteiger partial charge on any atom is -0.449 e. The van der Waals surface area contributed by atoms with Crippen molar-refractivity contribution in [1.29, 1.82) is 0 Å². The Hall–Kier alpha value is -2.23. The van der Waals surface area contributed by atoms with Crippen molar-refractivity contribution in [1.82, 2.24) is 4.31 Å². The maximum Gasteiger partial charge on any atom is 0.312 e. The molecule has 2 aromatic rings. The van der Waals surface area contributed by atoms with Gasteiger partial charge in [0.05, 0.1) is 14.8 Å². The molecule has 1 aliphatic heterocycles. The summed E-state index contributed by atoms with van der Waals surface area (Å²) < 4.78 is 44.9. The third-order valence-corrected chi connectivity index (χ3v) is 6.13. The second-order valence-corrected chi connectivity index (χ2v) is 8.02. The van der Waals surface area contributed by atoms with Crippen molar-refractivity contribution in [3.8, 4) is 11.5 Å². The summed E-state index contributed by atoms with van der Waals surface area (Å²) in [5, 5.41) is 11.3. The van der Waals surface area contributed by atoms with Gasteiger partial charge >= 0.3 is 5.69 Å². The van der Waals surface area contributed by atoms with E-state index in [1.165, 1.54) is 22.5 Å². The second-order valence-electron chi connectivity index (χ2n) is 5.67. The monoisotopic (exact) mass is 400 g/mol. The second kappa shape index (κ2) is 7.18. The number of halogens is 2. The highest BCUT2D eigenvalue weighted by atomic mass is 35.5. The Balaban J connectivity index is 1.98. The molecule has 138 valence electrons. The molecule has 7 nitrogen and oxygen atoms in total. The number of hydrogen-bond acceptors (Lipinski definition) is 5. The van der Waals surface area contributed by atoms with E-state index in [-0.39, 0.29) is 21.4 Å². The molecule has 1 fully saturated rings. The molecule has 3 rings (SSSR count). The van der Waals surface area contributed by atoms with Crippen LogP contribution in [0.25, 0.3) is 0 Å². The van der Waals surface area contributed by atoms with Crippen LogP contribution in [0.2, 0.25) is 5.02 Å². The molecule has 1 heterocycles. The maximum atomic E-state index is 13.1. The van der Waals surface area contributed by atoms with Crippen molar-refractivity contribution in [2.24, 2.45) is 0 Å². The lowest BCUT2D eigenvalue weighted by molar-refractivity contribution is -0.385. The molecule has 1 saturated heterocycles. The Bertz CT molecular complexity index is 961. The lowest BCUT2D eigenvalue weighted by Gasteiger charge is -2.16. The first-order chi connectivity index (χ1) is 12.3. The number of benzene rings is 2. The molecule has 0 aromatic heterocycles. The lowest BCUT2D eigenvalue weighted by Crippen LogP contribution is -2.27. The zero-order chi connectivity index (χ0) is 18.9. The molecule has 0 bridgehead atoms. The van der Waals surface area contributed by atoms with Gasteiger partial charge in [0.2, 0.25) is 15.8 Å². The van der Waals surface area contributed by atoms with Crippen LogP contribution in [-0.4, -0.2) is 30.7 Å². The van der Waals surface area contributed by atoms with Crippen LogP contribution in [0.4, 0.5) is 10.1 Å². The number of nitro benzene ring substituents is 1. The molecule has 0 N–H and O–H groups in total. The molecule has 26 heavy (non-hydrogen) atoms. The Morgan fingerprint density at radius 1 is 1.12 bits per heavy atom. The highest BCUT2D eigenvalue weighted by molar-refractivity contribution is 7.89. The van der Waals surface area contributed by atoms with E-state index >= 15 is 0 Å². The fraction of sp³-hybridized carbons (Fsp3) is 0.250. The van der Waals surface area contributed by atoms with Crippen LogP contribution < -0.4 is 4.74 Å². The average molecular weight is 401 g/mol. The Morgan fingerprint density at radius 3 is 2.38 bits per heavy atom. The molecule has 0 amide bonds. The van der Waals surface area contributed by atoms with Crippen molar-refractivity contribution in [2.45, 2.75) is 17.7 Å². The number of hydrogen-bond donors (Lipinski definition) is 0. The molecule has 10 heteroatoms. The molecule has 2 aromatic carbocycles. The molecule has 0 aliphatic carbocycles. The first kappa shape index (κ1) is 18.6. The molecule has 0 spiro atoms. The number of rotatable bonds is 5. The predicted octanol–water partition coefficient (Wildman–Crippen LogP) is 3.96. The van der Waals surface area contributed by atoms with Gasteiger partial charge in [0.25, 0.3) is 0 Å². The quantitative estimate of drug-likeness (QED) is 0.559. The summed E-state index contributed by atoms with van der Waals surface area (Å²) in [7, 11) is -3.80. The fourth-order valence-electron chi connectivity index (χ4n) is 2.64. The van der Waals surface area contributed by atoms with Gasteiger partial charge in [0.15, 0.2) is 0 Å². The van der Waals surface area contributed by atoms with Gasteiger partial charge < -0.3 is 4.74 Å². The number of ether oxygens (including phenoxy) is 1. The van der Waals surface area contributed by atoms with E-state index in [0.717, 1.165) is 31.0 Å². The predicted molar refractivity (Wildman–Crippen MR) is 92.6 cm³/mol. The zero-order valence-corrected chi connectivity index (χ0v) is 15.0. The number of sulfonamides is 1. The summed E-state index contributed by atoms with van der Waals surface area (Å²) in [6.07, 6.45) is 1.51. The first-order valence-electron chi connectivity index (χ1n) is 7.70. The van der Waals surface area contributed by atoms with Crippen molar-refractivity contribution < 1.29 is 22.5 Å². The summed E-state index contributed by atoms with van der Waals surface area (Å²) in [5.41, 5.74) is -0.523. The SMILES string of the molecule is O=[N+]([O-])c1cc(S(=O)(=O)N2CCCC2)ccc1Oc1ccc(F)cc1Cl. The van der Waals surface area contributed by atoms with Crippen molar-refractivity contribution in [3.63, 3.8) is 0 Å². The number of nitrogens with zero attached hydrogens (tertiary/aromatic N) is 2. The van der Waals surface area contributed by atoms with Gasteiger partial charge in [0, 0.05) is 19.2 Å².